The Morgan fingerprint density at radius 2 is 0.958 bits per heavy atom. The van der Waals surface area contributed by atoms with Crippen molar-refractivity contribution >= 4 is 0 Å². The van der Waals surface area contributed by atoms with Crippen LogP contribution in [0.15, 0.2) is 0 Å². The summed E-state index contributed by atoms with van der Waals surface area (Å²) in [6.45, 7) is 14.3. The molecule has 0 aromatic carbocycles. The Balaban J connectivity index is 4.88. The molecule has 0 amide bonds. The Kier molecular flexibility index (Phi) is 16.5. The third kappa shape index (κ3) is 10.8. The van der Waals surface area contributed by atoms with Crippen LogP contribution < -0.4 is 0 Å². The molecule has 0 aliphatic carbocycles. The molecule has 0 spiro atoms. The van der Waals surface area contributed by atoms with Gasteiger partial charge < -0.3 is 0 Å². The molecule has 0 nitrogen and oxygen atoms in total. The topological polar surface area (TPSA) is 0 Å². The summed E-state index contributed by atoms with van der Waals surface area (Å²) in [5.41, 5.74) is 0. The number of unbranched alkanes of at least 4 members (excludes halogenated alkanes) is 3. The zero-order valence-electron chi connectivity index (χ0n) is 18.1. The number of hydrogen-bond acceptors (Lipinski definition) is 0. The van der Waals surface area contributed by atoms with Gasteiger partial charge in [0.2, 0.25) is 0 Å². The van der Waals surface area contributed by atoms with E-state index in [-0.39, 0.29) is 0 Å². The summed E-state index contributed by atoms with van der Waals surface area (Å²) in [6.07, 6.45) is 19.6. The zero-order chi connectivity index (χ0) is 18.2. The molecule has 0 rings (SSSR count). The molecule has 0 aliphatic rings. The van der Waals surface area contributed by atoms with Crippen LogP contribution in [0.25, 0.3) is 0 Å². The van der Waals surface area contributed by atoms with E-state index in [2.05, 4.69) is 41.5 Å². The van der Waals surface area contributed by atoms with Crippen molar-refractivity contribution in [1.82, 2.24) is 0 Å². The molecule has 0 heterocycles. The van der Waals surface area contributed by atoms with Gasteiger partial charge in [0.25, 0.3) is 0 Å². The van der Waals surface area contributed by atoms with Crippen LogP contribution in [0.3, 0.4) is 0 Å². The highest BCUT2D eigenvalue weighted by Crippen LogP contribution is 2.38. The molecule has 3 unspecified atom stereocenters. The third-order valence-electron chi connectivity index (χ3n) is 6.16. The van der Waals surface area contributed by atoms with Crippen LogP contribution in [-0.4, -0.2) is 0 Å². The quantitative estimate of drug-likeness (QED) is 0.248. The summed E-state index contributed by atoms with van der Waals surface area (Å²) in [7, 11) is 0. The Bertz CT molecular complexity index is 226. The standard InChI is InChI=1S/C24H49/c1-7-13-16-21(10-4)19-24(23(12-6)18-15-9-3)20-22(11-5)17-14-8-2/h21-23H,7-20H2,1-6H3. The van der Waals surface area contributed by atoms with Crippen LogP contribution >= 0.6 is 0 Å². The van der Waals surface area contributed by atoms with E-state index < -0.39 is 0 Å². The SMILES string of the molecule is CCCCC(CC)C[C](CC(CC)CCCC)C(CC)CCCC. The van der Waals surface area contributed by atoms with Gasteiger partial charge >= 0.3 is 0 Å². The molecule has 0 N–H and O–H groups in total. The van der Waals surface area contributed by atoms with Crippen LogP contribution in [0.1, 0.15) is 131 Å². The van der Waals surface area contributed by atoms with E-state index in [1.54, 1.807) is 0 Å². The van der Waals surface area contributed by atoms with Gasteiger partial charge in [-0.1, -0.05) is 112 Å². The smallest absolute Gasteiger partial charge is 0.0205 e. The molecule has 3 atom stereocenters. The monoisotopic (exact) mass is 337 g/mol. The lowest BCUT2D eigenvalue weighted by atomic mass is 9.73. The zero-order valence-corrected chi connectivity index (χ0v) is 18.1. The highest BCUT2D eigenvalue weighted by molar-refractivity contribution is 4.99. The lowest BCUT2D eigenvalue weighted by Gasteiger charge is -2.32. The van der Waals surface area contributed by atoms with Gasteiger partial charge in [-0.05, 0) is 42.9 Å². The van der Waals surface area contributed by atoms with Crippen molar-refractivity contribution in [3.05, 3.63) is 5.92 Å². The second-order valence-electron chi connectivity index (χ2n) is 8.15. The molecule has 0 fully saturated rings. The van der Waals surface area contributed by atoms with E-state index in [9.17, 15) is 0 Å². The highest BCUT2D eigenvalue weighted by Gasteiger charge is 2.25. The van der Waals surface area contributed by atoms with Gasteiger partial charge in [-0.15, -0.1) is 0 Å². The van der Waals surface area contributed by atoms with E-state index in [1.165, 1.54) is 89.9 Å². The minimum absolute atomic E-state index is 0.899. The van der Waals surface area contributed by atoms with Gasteiger partial charge in [-0.3, -0.25) is 0 Å². The van der Waals surface area contributed by atoms with Crippen molar-refractivity contribution in [2.45, 2.75) is 131 Å². The normalized spacial score (nSPS) is 15.6. The maximum atomic E-state index is 2.43. The third-order valence-corrected chi connectivity index (χ3v) is 6.16. The van der Waals surface area contributed by atoms with Crippen molar-refractivity contribution in [1.29, 1.82) is 0 Å². The van der Waals surface area contributed by atoms with Crippen LogP contribution in [-0.2, 0) is 0 Å². The molecule has 1 radical (unpaired) electrons. The maximum absolute atomic E-state index is 2.43. The Morgan fingerprint density at radius 3 is 1.29 bits per heavy atom. The molecule has 145 valence electrons. The molecule has 0 heteroatoms. The summed E-state index contributed by atoms with van der Waals surface area (Å²) in [6, 6.07) is 0. The predicted octanol–water partition coefficient (Wildman–Crippen LogP) is 8.99. The van der Waals surface area contributed by atoms with E-state index >= 15 is 0 Å². The first kappa shape index (κ1) is 24.0. The molecule has 0 saturated heterocycles. The average Bonchev–Trinajstić information content (AvgIpc) is 2.61. The van der Waals surface area contributed by atoms with Crippen molar-refractivity contribution in [2.24, 2.45) is 17.8 Å². The van der Waals surface area contributed by atoms with Gasteiger partial charge in [0.15, 0.2) is 0 Å². The van der Waals surface area contributed by atoms with Crippen LogP contribution in [0.2, 0.25) is 0 Å². The maximum Gasteiger partial charge on any atom is -0.0205 e. The first-order valence-corrected chi connectivity index (χ1v) is 11.5. The first-order chi connectivity index (χ1) is 11.7. The van der Waals surface area contributed by atoms with Gasteiger partial charge in [-0.25, -0.2) is 0 Å². The second-order valence-corrected chi connectivity index (χ2v) is 8.15. The molecule has 0 aliphatic heterocycles. The minimum atomic E-state index is 0.899. The van der Waals surface area contributed by atoms with E-state index in [0.717, 1.165) is 17.8 Å². The fourth-order valence-corrected chi connectivity index (χ4v) is 4.19. The van der Waals surface area contributed by atoms with Crippen molar-refractivity contribution < 1.29 is 0 Å². The predicted molar refractivity (Wildman–Crippen MR) is 112 cm³/mol. The second kappa shape index (κ2) is 16.5. The van der Waals surface area contributed by atoms with Gasteiger partial charge in [0.1, 0.15) is 0 Å². The molecular formula is C24H49. The van der Waals surface area contributed by atoms with Crippen LogP contribution in [0.4, 0.5) is 0 Å². The molecule has 0 bridgehead atoms. The largest absolute Gasteiger partial charge is 0.0654 e. The lowest BCUT2D eigenvalue weighted by Crippen LogP contribution is -2.20. The number of hydrogen-bond donors (Lipinski definition) is 0. The van der Waals surface area contributed by atoms with E-state index in [4.69, 9.17) is 0 Å². The Labute approximate surface area is 155 Å². The van der Waals surface area contributed by atoms with Crippen molar-refractivity contribution in [2.75, 3.05) is 0 Å². The van der Waals surface area contributed by atoms with E-state index in [0.29, 0.717) is 0 Å². The van der Waals surface area contributed by atoms with Crippen LogP contribution in [0.5, 0.6) is 0 Å². The molecular weight excluding hydrogens is 288 g/mol. The van der Waals surface area contributed by atoms with Gasteiger partial charge in [0, 0.05) is 0 Å². The lowest BCUT2D eigenvalue weighted by molar-refractivity contribution is 0.313. The Hall–Kier alpha value is 0. The molecule has 0 saturated carbocycles. The number of rotatable bonds is 17. The summed E-state index contributed by atoms with van der Waals surface area (Å²) in [5.74, 6) is 4.74. The summed E-state index contributed by atoms with van der Waals surface area (Å²) in [4.78, 5) is 0. The first-order valence-electron chi connectivity index (χ1n) is 11.5. The van der Waals surface area contributed by atoms with Gasteiger partial charge in [0.05, 0.1) is 0 Å². The summed E-state index contributed by atoms with van der Waals surface area (Å²) >= 11 is 0. The average molecular weight is 338 g/mol. The van der Waals surface area contributed by atoms with E-state index in [1.807, 2.05) is 5.92 Å². The molecule has 0 aromatic heterocycles. The Morgan fingerprint density at radius 1 is 0.542 bits per heavy atom. The summed E-state index contributed by atoms with van der Waals surface area (Å²) in [5, 5.41) is 0. The van der Waals surface area contributed by atoms with Crippen molar-refractivity contribution in [3.8, 4) is 0 Å². The minimum Gasteiger partial charge on any atom is -0.0654 e. The fourth-order valence-electron chi connectivity index (χ4n) is 4.19. The molecule has 0 aromatic rings. The molecule has 24 heavy (non-hydrogen) atoms. The van der Waals surface area contributed by atoms with Crippen LogP contribution in [0, 0.1) is 23.7 Å². The highest BCUT2D eigenvalue weighted by atomic mass is 14.3. The van der Waals surface area contributed by atoms with Crippen molar-refractivity contribution in [3.63, 3.8) is 0 Å². The van der Waals surface area contributed by atoms with Gasteiger partial charge in [-0.2, -0.15) is 0 Å². The fraction of sp³-hybridized carbons (Fsp3) is 0.958. The summed E-state index contributed by atoms with van der Waals surface area (Å²) < 4.78 is 0.